The van der Waals surface area contributed by atoms with Crippen LogP contribution >= 0.6 is 11.8 Å². The Bertz CT molecular complexity index is 1110. The Balaban J connectivity index is 1.31. The molecule has 3 aromatic rings. The van der Waals surface area contributed by atoms with Crippen LogP contribution in [0.3, 0.4) is 0 Å². The molecule has 0 aromatic heterocycles. The number of benzene rings is 3. The number of nitrogens with zero attached hydrogens (tertiary/aromatic N) is 3. The summed E-state index contributed by atoms with van der Waals surface area (Å²) in [4.78, 5) is 21.7. The predicted molar refractivity (Wildman–Crippen MR) is 142 cm³/mol. The summed E-state index contributed by atoms with van der Waals surface area (Å²) in [5, 5.41) is 0. The molecule has 0 aliphatic carbocycles. The highest BCUT2D eigenvalue weighted by atomic mass is 32.2. The van der Waals surface area contributed by atoms with E-state index in [1.807, 2.05) is 54.4 Å². The second-order valence-corrected chi connectivity index (χ2v) is 9.66. The number of piperazine rings is 1. The number of carbonyl (C=O) groups is 1. The van der Waals surface area contributed by atoms with E-state index < -0.39 is 0 Å². The Labute approximate surface area is 212 Å². The summed E-state index contributed by atoms with van der Waals surface area (Å²) in [5.74, 6) is 1.86. The summed E-state index contributed by atoms with van der Waals surface area (Å²) < 4.78 is 10.8. The molecule has 4 rings (SSSR count). The number of methoxy groups -OCH3 is 2. The Kier molecular flexibility index (Phi) is 8.55. The van der Waals surface area contributed by atoms with Crippen molar-refractivity contribution in [3.8, 4) is 11.5 Å². The van der Waals surface area contributed by atoms with E-state index in [4.69, 9.17) is 9.47 Å². The largest absolute Gasteiger partial charge is 0.497 e. The van der Waals surface area contributed by atoms with Gasteiger partial charge in [-0.3, -0.25) is 9.69 Å². The van der Waals surface area contributed by atoms with Crippen molar-refractivity contribution in [1.29, 1.82) is 0 Å². The van der Waals surface area contributed by atoms with Crippen molar-refractivity contribution < 1.29 is 14.3 Å². The molecule has 7 heteroatoms. The van der Waals surface area contributed by atoms with Gasteiger partial charge in [-0.15, -0.1) is 0 Å². The second kappa shape index (κ2) is 12.0. The molecule has 35 heavy (non-hydrogen) atoms. The van der Waals surface area contributed by atoms with Gasteiger partial charge in [0.15, 0.2) is 0 Å². The van der Waals surface area contributed by atoms with E-state index in [0.29, 0.717) is 13.1 Å². The number of hydrogen-bond acceptors (Lipinski definition) is 6. The highest BCUT2D eigenvalue weighted by Crippen LogP contribution is 2.36. The van der Waals surface area contributed by atoms with Gasteiger partial charge in [0.2, 0.25) is 5.91 Å². The maximum absolute atomic E-state index is 13.0. The van der Waals surface area contributed by atoms with Crippen molar-refractivity contribution in [2.75, 3.05) is 58.9 Å². The first-order chi connectivity index (χ1) is 17.1. The summed E-state index contributed by atoms with van der Waals surface area (Å²) >= 11 is 1.67. The number of amides is 1. The van der Waals surface area contributed by atoms with Crippen molar-refractivity contribution in [3.63, 3.8) is 0 Å². The highest BCUT2D eigenvalue weighted by Gasteiger charge is 2.21. The summed E-state index contributed by atoms with van der Waals surface area (Å²) in [7, 11) is 5.26. The van der Waals surface area contributed by atoms with Crippen LogP contribution < -0.4 is 14.4 Å². The van der Waals surface area contributed by atoms with Crippen molar-refractivity contribution in [3.05, 3.63) is 78.4 Å². The zero-order valence-corrected chi connectivity index (χ0v) is 21.5. The molecule has 0 saturated carbocycles. The molecule has 1 aliphatic heterocycles. The van der Waals surface area contributed by atoms with Gasteiger partial charge in [-0.2, -0.15) is 0 Å². The molecule has 0 atom stereocenters. The van der Waals surface area contributed by atoms with E-state index in [-0.39, 0.29) is 5.91 Å². The molecule has 1 heterocycles. The van der Waals surface area contributed by atoms with E-state index in [1.54, 1.807) is 26.0 Å². The highest BCUT2D eigenvalue weighted by molar-refractivity contribution is 7.99. The SMILES string of the molecule is COc1ccc(N2CCN(CC(=O)N(C)Cc3ccccc3Sc3ccccc3OC)CC2)cc1. The molecule has 0 radical (unpaired) electrons. The molecule has 0 spiro atoms. The van der Waals surface area contributed by atoms with Gasteiger partial charge in [0.25, 0.3) is 0 Å². The maximum atomic E-state index is 13.0. The number of para-hydroxylation sites is 1. The fraction of sp³-hybridized carbons (Fsp3) is 0.321. The minimum Gasteiger partial charge on any atom is -0.497 e. The van der Waals surface area contributed by atoms with Gasteiger partial charge in [0.05, 0.1) is 25.7 Å². The number of likely N-dealkylation sites (N-methyl/N-ethyl adjacent to an activating group) is 1. The minimum absolute atomic E-state index is 0.139. The van der Waals surface area contributed by atoms with Crippen molar-refractivity contribution in [1.82, 2.24) is 9.80 Å². The lowest BCUT2D eigenvalue weighted by Gasteiger charge is -2.36. The summed E-state index contributed by atoms with van der Waals surface area (Å²) in [6.07, 6.45) is 0. The Morgan fingerprint density at radius 1 is 0.857 bits per heavy atom. The normalized spacial score (nSPS) is 14.0. The first-order valence-corrected chi connectivity index (χ1v) is 12.6. The lowest BCUT2D eigenvalue weighted by molar-refractivity contribution is -0.131. The molecule has 0 bridgehead atoms. The lowest BCUT2D eigenvalue weighted by atomic mass is 10.2. The third-order valence-corrected chi connectivity index (χ3v) is 7.44. The standard InChI is InChI=1S/C28H33N3O3S/c1-29(20-22-8-4-6-10-26(22)35-27-11-7-5-9-25(27)34-3)28(32)21-30-16-18-31(19-17-30)23-12-14-24(33-2)15-13-23/h4-15H,16-21H2,1-3H3. The first kappa shape index (κ1) is 24.9. The third-order valence-electron chi connectivity index (χ3n) is 6.26. The zero-order valence-electron chi connectivity index (χ0n) is 20.6. The van der Waals surface area contributed by atoms with Crippen LogP contribution in [0.1, 0.15) is 5.56 Å². The van der Waals surface area contributed by atoms with Gasteiger partial charge in [-0.1, -0.05) is 42.1 Å². The Morgan fingerprint density at radius 3 is 2.20 bits per heavy atom. The van der Waals surface area contributed by atoms with Gasteiger partial charge in [0.1, 0.15) is 11.5 Å². The smallest absolute Gasteiger partial charge is 0.236 e. The van der Waals surface area contributed by atoms with Gasteiger partial charge in [-0.05, 0) is 48.0 Å². The number of carbonyl (C=O) groups excluding carboxylic acids is 1. The molecular formula is C28H33N3O3S. The van der Waals surface area contributed by atoms with Gasteiger partial charge < -0.3 is 19.3 Å². The molecule has 1 aliphatic rings. The molecule has 3 aromatic carbocycles. The van der Waals surface area contributed by atoms with E-state index in [1.165, 1.54) is 5.69 Å². The Morgan fingerprint density at radius 2 is 1.51 bits per heavy atom. The van der Waals surface area contributed by atoms with Gasteiger partial charge >= 0.3 is 0 Å². The molecule has 1 fully saturated rings. The first-order valence-electron chi connectivity index (χ1n) is 11.8. The van der Waals surface area contributed by atoms with E-state index in [0.717, 1.165) is 53.0 Å². The van der Waals surface area contributed by atoms with Gasteiger partial charge in [0, 0.05) is 50.4 Å². The maximum Gasteiger partial charge on any atom is 0.236 e. The number of hydrogen-bond donors (Lipinski definition) is 0. The molecular weight excluding hydrogens is 458 g/mol. The average Bonchev–Trinajstić information content (AvgIpc) is 2.90. The van der Waals surface area contributed by atoms with Crippen LogP contribution in [0.5, 0.6) is 11.5 Å². The molecule has 184 valence electrons. The van der Waals surface area contributed by atoms with Crippen molar-refractivity contribution >= 4 is 23.4 Å². The number of ether oxygens (including phenoxy) is 2. The van der Waals surface area contributed by atoms with Crippen molar-refractivity contribution in [2.45, 2.75) is 16.3 Å². The fourth-order valence-electron chi connectivity index (χ4n) is 4.17. The van der Waals surface area contributed by atoms with Crippen molar-refractivity contribution in [2.24, 2.45) is 0 Å². The topological polar surface area (TPSA) is 45.2 Å². The fourth-order valence-corrected chi connectivity index (χ4v) is 5.21. The van der Waals surface area contributed by atoms with Crippen LogP contribution in [0.4, 0.5) is 5.69 Å². The predicted octanol–water partition coefficient (Wildman–Crippen LogP) is 4.64. The molecule has 0 N–H and O–H groups in total. The quantitative estimate of drug-likeness (QED) is 0.435. The molecule has 0 unspecified atom stereocenters. The number of rotatable bonds is 9. The summed E-state index contributed by atoms with van der Waals surface area (Å²) in [6, 6.07) is 24.4. The van der Waals surface area contributed by atoms with Crippen LogP contribution in [0, 0.1) is 0 Å². The molecule has 6 nitrogen and oxygen atoms in total. The minimum atomic E-state index is 0.139. The molecule has 1 saturated heterocycles. The van der Waals surface area contributed by atoms with Crippen LogP contribution in [-0.4, -0.2) is 69.7 Å². The summed E-state index contributed by atoms with van der Waals surface area (Å²) in [5.41, 5.74) is 2.32. The third kappa shape index (κ3) is 6.50. The van der Waals surface area contributed by atoms with E-state index >= 15 is 0 Å². The van der Waals surface area contributed by atoms with E-state index in [2.05, 4.69) is 40.1 Å². The monoisotopic (exact) mass is 491 g/mol. The van der Waals surface area contributed by atoms with E-state index in [9.17, 15) is 4.79 Å². The van der Waals surface area contributed by atoms with Crippen LogP contribution in [0.2, 0.25) is 0 Å². The van der Waals surface area contributed by atoms with Gasteiger partial charge in [-0.25, -0.2) is 0 Å². The molecule has 1 amide bonds. The van der Waals surface area contributed by atoms with Crippen LogP contribution in [0.15, 0.2) is 82.6 Å². The summed E-state index contributed by atoms with van der Waals surface area (Å²) in [6.45, 7) is 4.55. The van der Waals surface area contributed by atoms with Crippen LogP contribution in [0.25, 0.3) is 0 Å². The zero-order chi connectivity index (χ0) is 24.6. The number of anilines is 1. The second-order valence-electron chi connectivity index (χ2n) is 8.57. The Hall–Kier alpha value is -3.16. The average molecular weight is 492 g/mol. The lowest BCUT2D eigenvalue weighted by Crippen LogP contribution is -2.49. The van der Waals surface area contributed by atoms with Crippen LogP contribution in [-0.2, 0) is 11.3 Å².